The Labute approximate surface area is 168 Å². The van der Waals surface area contributed by atoms with E-state index < -0.39 is 28.0 Å². The van der Waals surface area contributed by atoms with E-state index in [0.29, 0.717) is 11.4 Å². The Morgan fingerprint density at radius 2 is 1.52 bits per heavy atom. The van der Waals surface area contributed by atoms with Crippen molar-refractivity contribution >= 4 is 44.9 Å². The Balaban J connectivity index is 1.97. The van der Waals surface area contributed by atoms with Crippen LogP contribution < -0.4 is 15.4 Å². The predicted molar refractivity (Wildman–Crippen MR) is 109 cm³/mol. The Morgan fingerprint density at radius 3 is 2.07 bits per heavy atom. The number of amides is 2. The van der Waals surface area contributed by atoms with Crippen LogP contribution >= 0.6 is 0 Å². The first kappa shape index (κ1) is 21.9. The van der Waals surface area contributed by atoms with Gasteiger partial charge in [0.25, 0.3) is 5.91 Å². The third kappa shape index (κ3) is 7.26. The third-order valence-corrected chi connectivity index (χ3v) is 4.13. The lowest BCUT2D eigenvalue weighted by Crippen LogP contribution is -2.30. The van der Waals surface area contributed by atoms with E-state index in [2.05, 4.69) is 15.4 Å². The number of carbonyl (C=O) groups is 3. The number of ether oxygens (including phenoxy) is 1. The molecule has 0 bridgehead atoms. The van der Waals surface area contributed by atoms with Crippen LogP contribution in [0.5, 0.6) is 0 Å². The highest BCUT2D eigenvalue weighted by Gasteiger charge is 2.19. The van der Waals surface area contributed by atoms with Crippen molar-refractivity contribution in [2.45, 2.75) is 20.0 Å². The molecule has 0 aliphatic rings. The molecule has 1 unspecified atom stereocenters. The van der Waals surface area contributed by atoms with Crippen molar-refractivity contribution in [3.05, 3.63) is 54.1 Å². The topological polar surface area (TPSA) is 131 Å². The molecule has 1 atom stereocenters. The fourth-order valence-electron chi connectivity index (χ4n) is 2.29. The van der Waals surface area contributed by atoms with Crippen LogP contribution in [-0.2, 0) is 24.3 Å². The summed E-state index contributed by atoms with van der Waals surface area (Å²) in [5.74, 6) is -1.53. The van der Waals surface area contributed by atoms with Crippen molar-refractivity contribution in [2.75, 3.05) is 21.6 Å². The molecule has 0 saturated heterocycles. The summed E-state index contributed by atoms with van der Waals surface area (Å²) in [6.07, 6.45) is -0.100. The molecule has 10 heteroatoms. The second kappa shape index (κ2) is 9.20. The van der Waals surface area contributed by atoms with E-state index in [1.165, 1.54) is 38.1 Å². The molecule has 3 N–H and O–H groups in total. The van der Waals surface area contributed by atoms with Gasteiger partial charge in [0.2, 0.25) is 15.9 Å². The quantitative estimate of drug-likeness (QED) is 0.590. The zero-order chi connectivity index (χ0) is 21.6. The first-order valence-electron chi connectivity index (χ1n) is 8.51. The number of hydrogen-bond acceptors (Lipinski definition) is 6. The first-order valence-corrected chi connectivity index (χ1v) is 10.4. The van der Waals surface area contributed by atoms with E-state index in [9.17, 15) is 22.8 Å². The first-order chi connectivity index (χ1) is 13.5. The number of sulfonamides is 1. The van der Waals surface area contributed by atoms with E-state index in [0.717, 1.165) is 6.26 Å². The van der Waals surface area contributed by atoms with Crippen LogP contribution in [-0.4, -0.2) is 38.6 Å². The fraction of sp³-hybridized carbons (Fsp3) is 0.211. The Hall–Kier alpha value is -3.40. The minimum atomic E-state index is -3.49. The van der Waals surface area contributed by atoms with Gasteiger partial charge in [0.05, 0.1) is 11.8 Å². The van der Waals surface area contributed by atoms with Crippen LogP contribution in [0.25, 0.3) is 0 Å². The largest absolute Gasteiger partial charge is 0.449 e. The summed E-state index contributed by atoms with van der Waals surface area (Å²) in [6, 6.07) is 12.2. The molecular weight excluding hydrogens is 398 g/mol. The molecule has 9 nitrogen and oxygen atoms in total. The van der Waals surface area contributed by atoms with Gasteiger partial charge in [0.15, 0.2) is 6.10 Å². The van der Waals surface area contributed by atoms with Crippen molar-refractivity contribution in [3.8, 4) is 0 Å². The number of anilines is 3. The molecular formula is C19H21N3O6S. The summed E-state index contributed by atoms with van der Waals surface area (Å²) in [4.78, 5) is 35.5. The molecule has 0 radical (unpaired) electrons. The maximum Gasteiger partial charge on any atom is 0.338 e. The van der Waals surface area contributed by atoms with Gasteiger partial charge in [-0.2, -0.15) is 0 Å². The molecule has 2 aromatic rings. The number of nitrogens with one attached hydrogen (secondary N) is 3. The second-order valence-corrected chi connectivity index (χ2v) is 8.00. The standard InChI is InChI=1S/C19H21N3O6S/c1-12(18(24)21-16-9-7-15(8-10-16)20-13(2)23)28-19(25)14-5-4-6-17(11-14)22-29(3,26)27/h4-12,22H,1-3H3,(H,20,23)(H,21,24). The van der Waals surface area contributed by atoms with Crippen LogP contribution in [0.4, 0.5) is 17.1 Å². The van der Waals surface area contributed by atoms with Crippen molar-refractivity contribution in [3.63, 3.8) is 0 Å². The molecule has 0 heterocycles. The second-order valence-electron chi connectivity index (χ2n) is 6.25. The van der Waals surface area contributed by atoms with E-state index in [-0.39, 0.29) is 17.2 Å². The van der Waals surface area contributed by atoms with Crippen molar-refractivity contribution in [1.29, 1.82) is 0 Å². The number of benzene rings is 2. The van der Waals surface area contributed by atoms with Crippen molar-refractivity contribution in [2.24, 2.45) is 0 Å². The highest BCUT2D eigenvalue weighted by Crippen LogP contribution is 2.16. The summed E-state index contributed by atoms with van der Waals surface area (Å²) < 4.78 is 30.0. The average Bonchev–Trinajstić information content (AvgIpc) is 2.61. The van der Waals surface area contributed by atoms with E-state index in [1.54, 1.807) is 24.3 Å². The lowest BCUT2D eigenvalue weighted by Gasteiger charge is -2.14. The Bertz CT molecular complexity index is 1020. The van der Waals surface area contributed by atoms with Crippen LogP contribution in [0.2, 0.25) is 0 Å². The van der Waals surface area contributed by atoms with Gasteiger partial charge < -0.3 is 15.4 Å². The van der Waals surface area contributed by atoms with E-state index in [4.69, 9.17) is 4.74 Å². The summed E-state index contributed by atoms with van der Waals surface area (Å²) in [7, 11) is -3.49. The van der Waals surface area contributed by atoms with Crippen molar-refractivity contribution < 1.29 is 27.5 Å². The molecule has 2 aromatic carbocycles. The predicted octanol–water partition coefficient (Wildman–Crippen LogP) is 2.20. The van der Waals surface area contributed by atoms with Crippen LogP contribution in [0.15, 0.2) is 48.5 Å². The van der Waals surface area contributed by atoms with Gasteiger partial charge in [0, 0.05) is 24.0 Å². The molecule has 0 spiro atoms. The molecule has 0 aromatic heterocycles. The molecule has 2 amide bonds. The number of esters is 1. The van der Waals surface area contributed by atoms with Gasteiger partial charge in [-0.05, 0) is 49.4 Å². The molecule has 0 saturated carbocycles. The van der Waals surface area contributed by atoms with Gasteiger partial charge in [-0.25, -0.2) is 13.2 Å². The van der Waals surface area contributed by atoms with Crippen LogP contribution in [0.3, 0.4) is 0 Å². The molecule has 0 aliphatic heterocycles. The minimum Gasteiger partial charge on any atom is -0.449 e. The van der Waals surface area contributed by atoms with E-state index >= 15 is 0 Å². The molecule has 0 fully saturated rings. The van der Waals surface area contributed by atoms with Gasteiger partial charge in [0.1, 0.15) is 0 Å². The number of rotatable bonds is 7. The minimum absolute atomic E-state index is 0.0953. The smallest absolute Gasteiger partial charge is 0.338 e. The highest BCUT2D eigenvalue weighted by molar-refractivity contribution is 7.92. The lowest BCUT2D eigenvalue weighted by molar-refractivity contribution is -0.123. The maximum absolute atomic E-state index is 12.3. The van der Waals surface area contributed by atoms with Gasteiger partial charge >= 0.3 is 5.97 Å². The monoisotopic (exact) mass is 419 g/mol. The molecule has 2 rings (SSSR count). The number of hydrogen-bond donors (Lipinski definition) is 3. The highest BCUT2D eigenvalue weighted by atomic mass is 32.2. The number of carbonyl (C=O) groups excluding carboxylic acids is 3. The Morgan fingerprint density at radius 1 is 0.931 bits per heavy atom. The van der Waals surface area contributed by atoms with Crippen LogP contribution in [0, 0.1) is 0 Å². The zero-order valence-corrected chi connectivity index (χ0v) is 16.9. The lowest BCUT2D eigenvalue weighted by atomic mass is 10.2. The van der Waals surface area contributed by atoms with E-state index in [1.807, 2.05) is 0 Å². The molecule has 0 aliphatic carbocycles. The molecule has 154 valence electrons. The molecule has 29 heavy (non-hydrogen) atoms. The zero-order valence-electron chi connectivity index (χ0n) is 16.1. The fourth-order valence-corrected chi connectivity index (χ4v) is 2.85. The van der Waals surface area contributed by atoms with Gasteiger partial charge in [-0.1, -0.05) is 6.07 Å². The summed E-state index contributed by atoms with van der Waals surface area (Å²) >= 11 is 0. The normalized spacial score (nSPS) is 11.8. The SMILES string of the molecule is CC(=O)Nc1ccc(NC(=O)C(C)OC(=O)c2cccc(NS(C)(=O)=O)c2)cc1. The third-order valence-electron chi connectivity index (χ3n) is 3.53. The summed E-state index contributed by atoms with van der Waals surface area (Å²) in [5.41, 5.74) is 1.35. The Kier molecular flexibility index (Phi) is 6.94. The van der Waals surface area contributed by atoms with Gasteiger partial charge in [-0.15, -0.1) is 0 Å². The van der Waals surface area contributed by atoms with Crippen LogP contribution in [0.1, 0.15) is 24.2 Å². The van der Waals surface area contributed by atoms with Crippen molar-refractivity contribution in [1.82, 2.24) is 0 Å². The average molecular weight is 419 g/mol. The maximum atomic E-state index is 12.3. The summed E-state index contributed by atoms with van der Waals surface area (Å²) in [6.45, 7) is 2.80. The summed E-state index contributed by atoms with van der Waals surface area (Å²) in [5, 5.41) is 5.21. The van der Waals surface area contributed by atoms with Gasteiger partial charge in [-0.3, -0.25) is 14.3 Å².